The molecule has 4 aromatic rings. The molecule has 0 bridgehead atoms. The van der Waals surface area contributed by atoms with E-state index in [1.54, 1.807) is 47.8 Å². The van der Waals surface area contributed by atoms with E-state index in [0.717, 1.165) is 21.1 Å². The molecular weight excluding hydrogens is 488 g/mol. The minimum Gasteiger partial charge on any atom is -0.492 e. The van der Waals surface area contributed by atoms with Crippen LogP contribution < -0.4 is 10.1 Å². The molecule has 0 spiro atoms. The van der Waals surface area contributed by atoms with Crippen LogP contribution in [0.2, 0.25) is 0 Å². The summed E-state index contributed by atoms with van der Waals surface area (Å²) in [6.45, 7) is 4.09. The number of carbonyl (C=O) groups excluding carboxylic acids is 2. The molecule has 0 saturated heterocycles. The molecule has 3 heterocycles. The fourth-order valence-corrected chi connectivity index (χ4v) is 5.18. The Morgan fingerprint density at radius 3 is 2.38 bits per heavy atom. The van der Waals surface area contributed by atoms with Crippen LogP contribution in [0, 0.1) is 0 Å². The molecule has 4 rings (SSSR count). The third-order valence-corrected chi connectivity index (χ3v) is 7.30. The van der Waals surface area contributed by atoms with Gasteiger partial charge in [-0.3, -0.25) is 9.59 Å². The number of hydrogen-bond acceptors (Lipinski definition) is 9. The van der Waals surface area contributed by atoms with Crippen LogP contribution in [0.1, 0.15) is 30.6 Å². The molecule has 0 saturated carbocycles. The van der Waals surface area contributed by atoms with Crippen LogP contribution in [0.5, 0.6) is 5.75 Å². The van der Waals surface area contributed by atoms with Gasteiger partial charge in [-0.15, -0.1) is 32.9 Å². The fourth-order valence-electron chi connectivity index (χ4n) is 3.07. The maximum atomic E-state index is 12.9. The highest BCUT2D eigenvalue weighted by molar-refractivity contribution is 7.99. The van der Waals surface area contributed by atoms with E-state index < -0.39 is 0 Å². The summed E-state index contributed by atoms with van der Waals surface area (Å²) in [6, 6.07) is 13.0. The number of nitrogens with one attached hydrogen (secondary N) is 1. The van der Waals surface area contributed by atoms with Crippen LogP contribution in [-0.4, -0.2) is 39.2 Å². The van der Waals surface area contributed by atoms with Crippen molar-refractivity contribution in [1.82, 2.24) is 15.2 Å². The molecule has 1 amide bonds. The number of ether oxygens (including phenoxy) is 1. The number of benzene rings is 1. The van der Waals surface area contributed by atoms with Crippen molar-refractivity contribution in [3.63, 3.8) is 0 Å². The van der Waals surface area contributed by atoms with E-state index in [2.05, 4.69) is 15.5 Å². The molecule has 0 unspecified atom stereocenters. The van der Waals surface area contributed by atoms with Crippen molar-refractivity contribution in [2.24, 2.45) is 0 Å². The molecule has 0 atom stereocenters. The lowest BCUT2D eigenvalue weighted by molar-refractivity contribution is -0.115. The molecule has 0 aliphatic rings. The summed E-state index contributed by atoms with van der Waals surface area (Å²) in [7, 11) is 0. The second-order valence-electron chi connectivity index (χ2n) is 7.00. The van der Waals surface area contributed by atoms with Gasteiger partial charge >= 0.3 is 0 Å². The molecule has 7 nitrogen and oxygen atoms in total. The number of ketones is 1. The standard InChI is InChI=1S/C24H22N4O3S3/c1-3-21(30)25-16-13-15(9-10-18(16)31-4-2)17(29)14-34-24-26-22(19-7-5-11-32-19)23(27-28-24)20-8-6-12-33-20/h5-13H,3-4,14H2,1-2H3,(H,25,30). The van der Waals surface area contributed by atoms with E-state index in [9.17, 15) is 9.59 Å². The summed E-state index contributed by atoms with van der Waals surface area (Å²) in [5, 5.41) is 15.9. The number of hydrogen-bond donors (Lipinski definition) is 1. The Morgan fingerprint density at radius 2 is 1.74 bits per heavy atom. The largest absolute Gasteiger partial charge is 0.492 e. The van der Waals surface area contributed by atoms with Crippen LogP contribution in [0.15, 0.2) is 58.4 Å². The first-order valence-electron chi connectivity index (χ1n) is 10.6. The number of anilines is 1. The summed E-state index contributed by atoms with van der Waals surface area (Å²) in [4.78, 5) is 31.5. The second kappa shape index (κ2) is 11.4. The number of aromatic nitrogens is 3. The summed E-state index contributed by atoms with van der Waals surface area (Å²) >= 11 is 4.40. The highest BCUT2D eigenvalue weighted by atomic mass is 32.2. The molecule has 3 aromatic heterocycles. The number of nitrogens with zero attached hydrogens (tertiary/aromatic N) is 3. The molecule has 0 aliphatic carbocycles. The third-order valence-electron chi connectivity index (χ3n) is 4.71. The minimum atomic E-state index is -0.147. The first kappa shape index (κ1) is 24.1. The van der Waals surface area contributed by atoms with Gasteiger partial charge in [-0.2, -0.15) is 0 Å². The van der Waals surface area contributed by atoms with Gasteiger partial charge in [0.25, 0.3) is 0 Å². The van der Waals surface area contributed by atoms with Gasteiger partial charge in [0.15, 0.2) is 5.78 Å². The third kappa shape index (κ3) is 5.69. The lowest BCUT2D eigenvalue weighted by Gasteiger charge is -2.12. The normalized spacial score (nSPS) is 10.8. The average Bonchev–Trinajstić information content (AvgIpc) is 3.58. The summed E-state index contributed by atoms with van der Waals surface area (Å²) in [5.74, 6) is 0.416. The smallest absolute Gasteiger partial charge is 0.224 e. The topological polar surface area (TPSA) is 94.1 Å². The van der Waals surface area contributed by atoms with Crippen molar-refractivity contribution in [3.05, 3.63) is 58.8 Å². The Labute approximate surface area is 209 Å². The Kier molecular flexibility index (Phi) is 8.04. The zero-order valence-electron chi connectivity index (χ0n) is 18.6. The maximum absolute atomic E-state index is 12.9. The SMILES string of the molecule is CCOc1ccc(C(=O)CSc2nnc(-c3cccs3)c(-c3cccs3)n2)cc1NC(=O)CC. The van der Waals surface area contributed by atoms with Crippen LogP contribution >= 0.6 is 34.4 Å². The molecule has 1 aromatic carbocycles. The van der Waals surface area contributed by atoms with Gasteiger partial charge in [-0.25, -0.2) is 4.98 Å². The van der Waals surface area contributed by atoms with Crippen LogP contribution in [-0.2, 0) is 4.79 Å². The Morgan fingerprint density at radius 1 is 1.00 bits per heavy atom. The monoisotopic (exact) mass is 510 g/mol. The highest BCUT2D eigenvalue weighted by Gasteiger charge is 2.17. The molecule has 0 fully saturated rings. The molecule has 34 heavy (non-hydrogen) atoms. The number of carbonyl (C=O) groups is 2. The van der Waals surface area contributed by atoms with Crippen LogP contribution in [0.3, 0.4) is 0 Å². The predicted molar refractivity (Wildman–Crippen MR) is 138 cm³/mol. The summed E-state index contributed by atoms with van der Waals surface area (Å²) < 4.78 is 5.58. The molecule has 10 heteroatoms. The van der Waals surface area contributed by atoms with Crippen molar-refractivity contribution in [3.8, 4) is 26.9 Å². The van der Waals surface area contributed by atoms with E-state index in [4.69, 9.17) is 9.72 Å². The molecular formula is C24H22N4O3S3. The molecule has 0 aliphatic heterocycles. The van der Waals surface area contributed by atoms with Crippen molar-refractivity contribution in [2.75, 3.05) is 17.7 Å². The first-order valence-corrected chi connectivity index (χ1v) is 13.4. The first-order chi connectivity index (χ1) is 16.6. The number of thioether (sulfide) groups is 1. The van der Waals surface area contributed by atoms with Crippen LogP contribution in [0.25, 0.3) is 21.1 Å². The average molecular weight is 511 g/mol. The Bertz CT molecular complexity index is 1270. The van der Waals surface area contributed by atoms with Gasteiger partial charge in [0.1, 0.15) is 17.1 Å². The zero-order valence-corrected chi connectivity index (χ0v) is 21.1. The van der Waals surface area contributed by atoms with E-state index in [1.165, 1.54) is 11.8 Å². The van der Waals surface area contributed by atoms with Crippen molar-refractivity contribution in [1.29, 1.82) is 0 Å². The van der Waals surface area contributed by atoms with Gasteiger partial charge in [0.2, 0.25) is 11.1 Å². The van der Waals surface area contributed by atoms with Crippen molar-refractivity contribution in [2.45, 2.75) is 25.4 Å². The molecule has 1 N–H and O–H groups in total. The fraction of sp³-hybridized carbons (Fsp3) is 0.208. The Hall–Kier alpha value is -3.08. The quantitative estimate of drug-likeness (QED) is 0.205. The van der Waals surface area contributed by atoms with Crippen molar-refractivity contribution >= 4 is 51.8 Å². The number of amides is 1. The highest BCUT2D eigenvalue weighted by Crippen LogP contribution is 2.34. The minimum absolute atomic E-state index is 0.108. The number of thiophene rings is 2. The van der Waals surface area contributed by atoms with Gasteiger partial charge in [0, 0.05) is 12.0 Å². The van der Waals surface area contributed by atoms with E-state index in [0.29, 0.717) is 35.2 Å². The van der Waals surface area contributed by atoms with E-state index in [1.807, 2.05) is 41.9 Å². The maximum Gasteiger partial charge on any atom is 0.224 e. The predicted octanol–water partition coefficient (Wildman–Crippen LogP) is 6.05. The van der Waals surface area contributed by atoms with Gasteiger partial charge in [0.05, 0.1) is 27.8 Å². The lowest BCUT2D eigenvalue weighted by Crippen LogP contribution is -2.12. The van der Waals surface area contributed by atoms with E-state index in [-0.39, 0.29) is 17.4 Å². The summed E-state index contributed by atoms with van der Waals surface area (Å²) in [6.07, 6.45) is 0.331. The number of Topliss-reactive ketones (excluding diaryl/α,β-unsaturated/α-hetero) is 1. The van der Waals surface area contributed by atoms with Gasteiger partial charge < -0.3 is 10.1 Å². The van der Waals surface area contributed by atoms with Crippen LogP contribution in [0.4, 0.5) is 5.69 Å². The second-order valence-corrected chi connectivity index (χ2v) is 9.84. The van der Waals surface area contributed by atoms with Crippen molar-refractivity contribution < 1.29 is 14.3 Å². The molecule has 174 valence electrons. The molecule has 0 radical (unpaired) electrons. The zero-order chi connectivity index (χ0) is 23.9. The Balaban J connectivity index is 1.53. The van der Waals surface area contributed by atoms with Gasteiger partial charge in [-0.05, 0) is 48.0 Å². The van der Waals surface area contributed by atoms with Gasteiger partial charge in [-0.1, -0.05) is 30.8 Å². The lowest BCUT2D eigenvalue weighted by atomic mass is 10.1. The number of rotatable bonds is 10. The van der Waals surface area contributed by atoms with E-state index >= 15 is 0 Å². The summed E-state index contributed by atoms with van der Waals surface area (Å²) in [5.41, 5.74) is 2.45.